The Kier molecular flexibility index (Phi) is 3.95. The fourth-order valence-electron chi connectivity index (χ4n) is 3.31. The van der Waals surface area contributed by atoms with E-state index in [-0.39, 0.29) is 22.6 Å². The summed E-state index contributed by atoms with van der Waals surface area (Å²) in [7, 11) is 0. The lowest BCUT2D eigenvalue weighted by molar-refractivity contribution is 0.102. The summed E-state index contributed by atoms with van der Waals surface area (Å²) in [6, 6.07) is 7.49. The fourth-order valence-corrected chi connectivity index (χ4v) is 4.48. The van der Waals surface area contributed by atoms with Crippen LogP contribution in [0.3, 0.4) is 0 Å². The summed E-state index contributed by atoms with van der Waals surface area (Å²) in [5.74, 6) is -0.295. The molecular formula is C20H21N3O2S. The Morgan fingerprint density at radius 2 is 1.92 bits per heavy atom. The fraction of sp³-hybridized carbons (Fsp3) is 0.350. The molecule has 1 amide bonds. The minimum atomic E-state index is -0.295. The van der Waals surface area contributed by atoms with Crippen LogP contribution in [0.2, 0.25) is 0 Å². The van der Waals surface area contributed by atoms with Crippen molar-refractivity contribution in [3.63, 3.8) is 0 Å². The van der Waals surface area contributed by atoms with Crippen LogP contribution >= 0.6 is 11.3 Å². The first-order valence-corrected chi connectivity index (χ1v) is 9.60. The number of thiazole rings is 1. The van der Waals surface area contributed by atoms with Gasteiger partial charge in [-0.15, -0.1) is 11.3 Å². The molecule has 2 heterocycles. The molecule has 3 aromatic rings. The first-order valence-electron chi connectivity index (χ1n) is 8.79. The molecule has 0 bridgehead atoms. The molecule has 0 fully saturated rings. The number of benzene rings is 1. The van der Waals surface area contributed by atoms with Gasteiger partial charge in [-0.25, -0.2) is 4.98 Å². The number of fused-ring (bicyclic) bond motifs is 3. The second-order valence-electron chi connectivity index (χ2n) is 7.70. The van der Waals surface area contributed by atoms with Gasteiger partial charge in [0.15, 0.2) is 4.96 Å². The molecule has 0 saturated heterocycles. The number of rotatable bonds is 2. The predicted octanol–water partition coefficient (Wildman–Crippen LogP) is 3.79. The number of nitrogens with zero attached hydrogens (tertiary/aromatic N) is 2. The van der Waals surface area contributed by atoms with Crippen molar-refractivity contribution in [3.05, 3.63) is 62.5 Å². The first-order chi connectivity index (χ1) is 12.3. The van der Waals surface area contributed by atoms with Gasteiger partial charge in [0.2, 0.25) is 0 Å². The highest BCUT2D eigenvalue weighted by Gasteiger charge is 2.21. The molecule has 6 heteroatoms. The number of nitrogens with one attached hydrogen (secondary N) is 1. The van der Waals surface area contributed by atoms with Crippen LogP contribution in [0.5, 0.6) is 0 Å². The normalized spacial score (nSPS) is 13.8. The average Bonchev–Trinajstić information content (AvgIpc) is 3.17. The second kappa shape index (κ2) is 6.06. The molecule has 4 rings (SSSR count). The summed E-state index contributed by atoms with van der Waals surface area (Å²) >= 11 is 1.57. The molecule has 1 aliphatic carbocycles. The summed E-state index contributed by atoms with van der Waals surface area (Å²) in [4.78, 5) is 31.7. The van der Waals surface area contributed by atoms with E-state index in [1.54, 1.807) is 27.9 Å². The molecule has 0 saturated carbocycles. The third-order valence-corrected chi connectivity index (χ3v) is 5.97. The molecule has 0 spiro atoms. The van der Waals surface area contributed by atoms with Crippen LogP contribution in [0.25, 0.3) is 4.96 Å². The molecule has 1 aliphatic rings. The van der Waals surface area contributed by atoms with Crippen molar-refractivity contribution in [2.45, 2.75) is 45.4 Å². The van der Waals surface area contributed by atoms with E-state index < -0.39 is 0 Å². The molecule has 1 N–H and O–H groups in total. The Morgan fingerprint density at radius 1 is 1.19 bits per heavy atom. The molecule has 2 aromatic heterocycles. The molecule has 1 aromatic carbocycles. The largest absolute Gasteiger partial charge is 0.316 e. The maximum Gasteiger partial charge on any atom is 0.282 e. The van der Waals surface area contributed by atoms with Gasteiger partial charge in [-0.3, -0.25) is 14.0 Å². The third kappa shape index (κ3) is 2.84. The van der Waals surface area contributed by atoms with E-state index in [0.29, 0.717) is 10.5 Å². The van der Waals surface area contributed by atoms with Crippen molar-refractivity contribution in [2.75, 3.05) is 5.32 Å². The number of amides is 1. The molecule has 0 aliphatic heterocycles. The van der Waals surface area contributed by atoms with Crippen LogP contribution in [0, 0.1) is 0 Å². The van der Waals surface area contributed by atoms with Crippen LogP contribution in [0.1, 0.15) is 53.7 Å². The van der Waals surface area contributed by atoms with Gasteiger partial charge in [0.05, 0.1) is 6.20 Å². The standard InChI is InChI=1S/C20H21N3O2S/c1-20(2,3)13-9-7-12(8-10-13)17(24)22-14-11-21-19-23(18(14)25)15-5-4-6-16(15)26-19/h7-11H,4-6H2,1-3H3,(H,22,24). The minimum absolute atomic E-state index is 0.0299. The molecule has 134 valence electrons. The van der Waals surface area contributed by atoms with E-state index in [0.717, 1.165) is 30.5 Å². The van der Waals surface area contributed by atoms with Crippen molar-refractivity contribution < 1.29 is 4.79 Å². The smallest absolute Gasteiger partial charge is 0.282 e. The second-order valence-corrected chi connectivity index (χ2v) is 8.76. The molecule has 0 unspecified atom stereocenters. The van der Waals surface area contributed by atoms with Gasteiger partial charge >= 0.3 is 0 Å². The minimum Gasteiger partial charge on any atom is -0.316 e. The van der Waals surface area contributed by atoms with E-state index in [9.17, 15) is 9.59 Å². The lowest BCUT2D eigenvalue weighted by Crippen LogP contribution is -2.23. The zero-order valence-electron chi connectivity index (χ0n) is 15.1. The summed E-state index contributed by atoms with van der Waals surface area (Å²) in [6.07, 6.45) is 4.43. The van der Waals surface area contributed by atoms with Gasteiger partial charge in [-0.2, -0.15) is 0 Å². The highest BCUT2D eigenvalue weighted by Crippen LogP contribution is 2.29. The number of anilines is 1. The quantitative estimate of drug-likeness (QED) is 0.749. The molecular weight excluding hydrogens is 346 g/mol. The number of aromatic nitrogens is 2. The number of hydrogen-bond acceptors (Lipinski definition) is 4. The Morgan fingerprint density at radius 3 is 2.62 bits per heavy atom. The van der Waals surface area contributed by atoms with Crippen molar-refractivity contribution in [3.8, 4) is 0 Å². The maximum absolute atomic E-state index is 12.8. The van der Waals surface area contributed by atoms with E-state index in [2.05, 4.69) is 31.1 Å². The molecule has 0 atom stereocenters. The molecule has 5 nitrogen and oxygen atoms in total. The van der Waals surface area contributed by atoms with E-state index in [1.165, 1.54) is 11.1 Å². The average molecular weight is 367 g/mol. The number of carbonyl (C=O) groups excluding carboxylic acids is 1. The Balaban J connectivity index is 1.64. The van der Waals surface area contributed by atoms with Gasteiger partial charge in [0, 0.05) is 16.1 Å². The first kappa shape index (κ1) is 17.0. The zero-order valence-corrected chi connectivity index (χ0v) is 15.9. The molecule has 0 radical (unpaired) electrons. The van der Waals surface area contributed by atoms with Crippen LogP contribution in [0.4, 0.5) is 5.69 Å². The van der Waals surface area contributed by atoms with Crippen LogP contribution in [0.15, 0.2) is 35.3 Å². The Hall–Kier alpha value is -2.47. The van der Waals surface area contributed by atoms with Crippen LogP contribution in [-0.4, -0.2) is 15.3 Å². The van der Waals surface area contributed by atoms with E-state index in [1.807, 2.05) is 12.1 Å². The van der Waals surface area contributed by atoms with Gasteiger partial charge < -0.3 is 5.32 Å². The third-order valence-electron chi connectivity index (χ3n) is 4.81. The highest BCUT2D eigenvalue weighted by atomic mass is 32.1. The van der Waals surface area contributed by atoms with E-state index in [4.69, 9.17) is 0 Å². The van der Waals surface area contributed by atoms with Gasteiger partial charge in [0.25, 0.3) is 11.5 Å². The predicted molar refractivity (Wildman–Crippen MR) is 104 cm³/mol. The van der Waals surface area contributed by atoms with Gasteiger partial charge in [-0.05, 0) is 42.4 Å². The lowest BCUT2D eigenvalue weighted by Gasteiger charge is -2.19. The van der Waals surface area contributed by atoms with E-state index >= 15 is 0 Å². The maximum atomic E-state index is 12.8. The Labute approximate surface area is 155 Å². The number of aryl methyl sites for hydroxylation is 2. The summed E-state index contributed by atoms with van der Waals surface area (Å²) in [6.45, 7) is 6.38. The number of carbonyl (C=O) groups is 1. The van der Waals surface area contributed by atoms with Crippen LogP contribution in [-0.2, 0) is 18.3 Å². The Bertz CT molecular complexity index is 1060. The SMILES string of the molecule is CC(C)(C)c1ccc(C(=O)Nc2cnc3sc4c(n3c2=O)CCC4)cc1. The van der Waals surface area contributed by atoms with Gasteiger partial charge in [0.1, 0.15) is 5.69 Å². The number of hydrogen-bond donors (Lipinski definition) is 1. The highest BCUT2D eigenvalue weighted by molar-refractivity contribution is 7.17. The topological polar surface area (TPSA) is 63.5 Å². The molecule has 26 heavy (non-hydrogen) atoms. The zero-order chi connectivity index (χ0) is 18.5. The van der Waals surface area contributed by atoms with Gasteiger partial charge in [-0.1, -0.05) is 32.9 Å². The van der Waals surface area contributed by atoms with Crippen molar-refractivity contribution in [2.24, 2.45) is 0 Å². The summed E-state index contributed by atoms with van der Waals surface area (Å²) < 4.78 is 1.66. The van der Waals surface area contributed by atoms with Crippen molar-refractivity contribution >= 4 is 27.9 Å². The summed E-state index contributed by atoms with van der Waals surface area (Å²) in [5, 5.41) is 2.73. The van der Waals surface area contributed by atoms with Crippen molar-refractivity contribution in [1.82, 2.24) is 9.38 Å². The monoisotopic (exact) mass is 367 g/mol. The lowest BCUT2D eigenvalue weighted by atomic mass is 9.87. The summed E-state index contributed by atoms with van der Waals surface area (Å²) in [5.41, 5.74) is 2.79. The van der Waals surface area contributed by atoms with Crippen LogP contribution < -0.4 is 10.9 Å². The van der Waals surface area contributed by atoms with Crippen molar-refractivity contribution in [1.29, 1.82) is 0 Å².